The number of nitriles is 1. The van der Waals surface area contributed by atoms with Gasteiger partial charge in [-0.3, -0.25) is 0 Å². The van der Waals surface area contributed by atoms with Crippen LogP contribution in [0.5, 0.6) is 0 Å². The Balaban J connectivity index is 1.37. The minimum Gasteiger partial charge on any atom is -0.378 e. The van der Waals surface area contributed by atoms with Crippen LogP contribution in [0.25, 0.3) is 0 Å². The number of morpholine rings is 1. The monoisotopic (exact) mass is 516 g/mol. The Labute approximate surface area is 217 Å². The maximum absolute atomic E-state index is 13.6. The van der Waals surface area contributed by atoms with Gasteiger partial charge in [0.1, 0.15) is 11.9 Å². The van der Waals surface area contributed by atoms with Crippen molar-refractivity contribution in [1.29, 1.82) is 5.26 Å². The zero-order valence-corrected chi connectivity index (χ0v) is 21.3. The second kappa shape index (κ2) is 9.74. The maximum atomic E-state index is 13.6. The number of aromatic nitrogens is 2. The Hall–Kier alpha value is -3.52. The highest BCUT2D eigenvalue weighted by Gasteiger charge is 2.34. The minimum atomic E-state index is -3.86. The molecule has 0 atom stereocenters. The molecule has 9 nitrogen and oxygen atoms in total. The van der Waals surface area contributed by atoms with Gasteiger partial charge in [-0.1, -0.05) is 36.4 Å². The summed E-state index contributed by atoms with van der Waals surface area (Å²) in [5.41, 5.74) is 4.54. The highest BCUT2D eigenvalue weighted by atomic mass is 32.2. The molecule has 1 saturated heterocycles. The van der Waals surface area contributed by atoms with E-state index >= 15 is 0 Å². The van der Waals surface area contributed by atoms with E-state index < -0.39 is 10.0 Å². The van der Waals surface area contributed by atoms with Crippen LogP contribution in [-0.4, -0.2) is 62.1 Å². The second-order valence-electron chi connectivity index (χ2n) is 9.51. The molecule has 4 heterocycles. The Bertz CT molecular complexity index is 1480. The lowest BCUT2D eigenvalue weighted by molar-refractivity contribution is 0.122. The van der Waals surface area contributed by atoms with Crippen molar-refractivity contribution in [1.82, 2.24) is 14.3 Å². The summed E-state index contributed by atoms with van der Waals surface area (Å²) in [5, 5.41) is 9.49. The van der Waals surface area contributed by atoms with E-state index in [1.807, 2.05) is 6.07 Å². The lowest BCUT2D eigenvalue weighted by Gasteiger charge is -2.36. The standard InChI is InChI=1S/C27H28N6O3S/c28-17-21-6-3-4-8-25(21)37(34,35)33-12-10-24-23(19-33)26(31-13-15-36-16-14-31)30-27(29-24)32-11-9-20-5-1-2-7-22(20)18-32/h1-8H,9-16,18-19H2. The Morgan fingerprint density at radius 1 is 0.838 bits per heavy atom. The van der Waals surface area contributed by atoms with E-state index in [0.29, 0.717) is 45.2 Å². The predicted octanol–water partition coefficient (Wildman–Crippen LogP) is 2.49. The largest absolute Gasteiger partial charge is 0.378 e. The fraction of sp³-hybridized carbons (Fsp3) is 0.370. The van der Waals surface area contributed by atoms with Gasteiger partial charge < -0.3 is 14.5 Å². The zero-order valence-electron chi connectivity index (χ0n) is 20.5. The maximum Gasteiger partial charge on any atom is 0.244 e. The fourth-order valence-corrected chi connectivity index (χ4v) is 6.88. The molecule has 0 spiro atoms. The smallest absolute Gasteiger partial charge is 0.244 e. The van der Waals surface area contributed by atoms with Crippen LogP contribution in [0.4, 0.5) is 11.8 Å². The molecule has 1 fully saturated rings. The number of hydrogen-bond acceptors (Lipinski definition) is 8. The summed E-state index contributed by atoms with van der Waals surface area (Å²) < 4.78 is 34.2. The van der Waals surface area contributed by atoms with E-state index in [1.54, 1.807) is 12.1 Å². The van der Waals surface area contributed by atoms with Gasteiger partial charge in [0.05, 0.1) is 29.4 Å². The van der Waals surface area contributed by atoms with Gasteiger partial charge >= 0.3 is 0 Å². The molecule has 0 saturated carbocycles. The highest BCUT2D eigenvalue weighted by Crippen LogP contribution is 2.33. The number of ether oxygens (including phenoxy) is 1. The van der Waals surface area contributed by atoms with E-state index in [4.69, 9.17) is 14.7 Å². The Morgan fingerprint density at radius 3 is 2.41 bits per heavy atom. The first-order chi connectivity index (χ1) is 18.0. The van der Waals surface area contributed by atoms with Crippen molar-refractivity contribution in [3.8, 4) is 6.07 Å². The third kappa shape index (κ3) is 4.44. The molecular weight excluding hydrogens is 488 g/mol. The van der Waals surface area contributed by atoms with Crippen LogP contribution in [0.3, 0.4) is 0 Å². The molecule has 0 unspecified atom stereocenters. The minimum absolute atomic E-state index is 0.0402. The molecule has 3 aromatic rings. The molecule has 6 rings (SSSR count). The van der Waals surface area contributed by atoms with Gasteiger partial charge in [-0.25, -0.2) is 13.4 Å². The molecule has 0 bridgehead atoms. The van der Waals surface area contributed by atoms with Gasteiger partial charge in [-0.05, 0) is 29.7 Å². The van der Waals surface area contributed by atoms with Crippen molar-refractivity contribution in [2.75, 3.05) is 49.2 Å². The third-order valence-electron chi connectivity index (χ3n) is 7.34. The van der Waals surface area contributed by atoms with Crippen molar-refractivity contribution in [3.05, 3.63) is 76.5 Å². The molecule has 37 heavy (non-hydrogen) atoms. The molecule has 0 amide bonds. The quantitative estimate of drug-likeness (QED) is 0.521. The number of hydrogen-bond donors (Lipinski definition) is 0. The number of anilines is 2. The normalized spacial score (nSPS) is 18.1. The van der Waals surface area contributed by atoms with E-state index in [0.717, 1.165) is 36.6 Å². The summed E-state index contributed by atoms with van der Waals surface area (Å²) in [5.74, 6) is 1.48. The summed E-state index contributed by atoms with van der Waals surface area (Å²) >= 11 is 0. The van der Waals surface area contributed by atoms with Gasteiger partial charge in [0.2, 0.25) is 16.0 Å². The first-order valence-electron chi connectivity index (χ1n) is 12.6. The van der Waals surface area contributed by atoms with Crippen LogP contribution >= 0.6 is 0 Å². The lowest BCUT2D eigenvalue weighted by atomic mass is 10.0. The number of benzene rings is 2. The molecule has 190 valence electrons. The predicted molar refractivity (Wildman–Crippen MR) is 139 cm³/mol. The van der Waals surface area contributed by atoms with Crippen LogP contribution in [0.2, 0.25) is 0 Å². The van der Waals surface area contributed by atoms with Crippen molar-refractivity contribution in [2.24, 2.45) is 0 Å². The number of fused-ring (bicyclic) bond motifs is 2. The highest BCUT2D eigenvalue weighted by molar-refractivity contribution is 7.89. The second-order valence-corrected chi connectivity index (χ2v) is 11.4. The third-order valence-corrected chi connectivity index (χ3v) is 9.24. The summed E-state index contributed by atoms with van der Waals surface area (Å²) in [4.78, 5) is 14.5. The summed E-state index contributed by atoms with van der Waals surface area (Å²) in [6.45, 7) is 4.65. The van der Waals surface area contributed by atoms with Crippen LogP contribution in [0.15, 0.2) is 53.4 Å². The lowest BCUT2D eigenvalue weighted by Crippen LogP contribution is -2.42. The molecule has 3 aliphatic rings. The van der Waals surface area contributed by atoms with Gasteiger partial charge in [0.15, 0.2) is 0 Å². The van der Waals surface area contributed by atoms with Gasteiger partial charge in [0, 0.05) is 51.3 Å². The fourth-order valence-electron chi connectivity index (χ4n) is 5.33. The van der Waals surface area contributed by atoms with Crippen molar-refractivity contribution in [2.45, 2.75) is 30.8 Å². The molecule has 2 aromatic carbocycles. The zero-order chi connectivity index (χ0) is 25.4. The number of rotatable bonds is 4. The average Bonchev–Trinajstić information content (AvgIpc) is 2.96. The summed E-state index contributed by atoms with van der Waals surface area (Å²) in [6, 6.07) is 16.9. The first kappa shape index (κ1) is 23.9. The van der Waals surface area contributed by atoms with Crippen molar-refractivity contribution < 1.29 is 13.2 Å². The number of sulfonamides is 1. The molecule has 3 aliphatic heterocycles. The van der Waals surface area contributed by atoms with Crippen LogP contribution < -0.4 is 9.80 Å². The van der Waals surface area contributed by atoms with Crippen LogP contribution in [-0.2, 0) is 40.7 Å². The molecule has 1 aromatic heterocycles. The van der Waals surface area contributed by atoms with Crippen molar-refractivity contribution in [3.63, 3.8) is 0 Å². The van der Waals surface area contributed by atoms with E-state index in [-0.39, 0.29) is 17.0 Å². The molecule has 0 N–H and O–H groups in total. The Morgan fingerprint density at radius 2 is 1.59 bits per heavy atom. The molecule has 0 aliphatic carbocycles. The summed E-state index contributed by atoms with van der Waals surface area (Å²) in [6.07, 6.45) is 1.42. The van der Waals surface area contributed by atoms with E-state index in [9.17, 15) is 13.7 Å². The average molecular weight is 517 g/mol. The first-order valence-corrected chi connectivity index (χ1v) is 14.0. The molecule has 0 radical (unpaired) electrons. The Kier molecular flexibility index (Phi) is 6.28. The van der Waals surface area contributed by atoms with Gasteiger partial charge in [-0.2, -0.15) is 14.6 Å². The van der Waals surface area contributed by atoms with Crippen molar-refractivity contribution >= 4 is 21.8 Å². The van der Waals surface area contributed by atoms with E-state index in [2.05, 4.69) is 34.1 Å². The van der Waals surface area contributed by atoms with E-state index in [1.165, 1.54) is 27.6 Å². The topological polar surface area (TPSA) is 103 Å². The SMILES string of the molecule is N#Cc1ccccc1S(=O)(=O)N1CCc2nc(N3CCc4ccccc4C3)nc(N3CCOCC3)c2C1. The van der Waals surface area contributed by atoms with Gasteiger partial charge in [0.25, 0.3) is 0 Å². The van der Waals surface area contributed by atoms with Gasteiger partial charge in [-0.15, -0.1) is 0 Å². The molecule has 10 heteroatoms. The molecular formula is C27H28N6O3S. The van der Waals surface area contributed by atoms with Crippen LogP contribution in [0, 0.1) is 11.3 Å². The van der Waals surface area contributed by atoms with Crippen LogP contribution in [0.1, 0.15) is 27.9 Å². The number of nitrogens with zero attached hydrogens (tertiary/aromatic N) is 6. The summed E-state index contributed by atoms with van der Waals surface area (Å²) in [7, 11) is -3.86.